The maximum absolute atomic E-state index is 2.60. The third-order valence-electron chi connectivity index (χ3n) is 16.1. The van der Waals surface area contributed by atoms with Crippen molar-refractivity contribution in [2.45, 2.75) is 0 Å². The van der Waals surface area contributed by atoms with Crippen LogP contribution in [0.3, 0.4) is 0 Å². The molecule has 2 aliphatic heterocycles. The Labute approximate surface area is 455 Å². The SMILES string of the molecule is c1ccc(-c2cc3c4c(c2)N(c2ccccc2-c2ccccc2)c2ccc(-c5cccc6sc7ccccc7c56)cc2B4c2cc(-c4cccc5sc6ccccc6c45)ccc2N3c2ccccc2-c2ccccc2)cc1. The van der Waals surface area contributed by atoms with E-state index in [1.54, 1.807) is 0 Å². The van der Waals surface area contributed by atoms with Gasteiger partial charge in [-0.25, -0.2) is 0 Å². The molecule has 12 aromatic carbocycles. The summed E-state index contributed by atoms with van der Waals surface area (Å²) in [6.07, 6.45) is 0. The van der Waals surface area contributed by atoms with Crippen molar-refractivity contribution >= 4 is 120 Å². The fourth-order valence-corrected chi connectivity index (χ4v) is 15.0. The molecule has 2 aromatic heterocycles. The number of thiophene rings is 2. The number of fused-ring (bicyclic) bond motifs is 10. The number of para-hydroxylation sites is 2. The van der Waals surface area contributed by atoms with Crippen LogP contribution in [0.5, 0.6) is 0 Å². The highest BCUT2D eigenvalue weighted by Crippen LogP contribution is 2.51. The largest absolute Gasteiger partial charge is 0.311 e. The summed E-state index contributed by atoms with van der Waals surface area (Å²) in [6, 6.07) is 102. The molecule has 0 saturated carbocycles. The van der Waals surface area contributed by atoms with Crippen molar-refractivity contribution in [2.75, 3.05) is 9.80 Å². The molecule has 0 spiro atoms. The summed E-state index contributed by atoms with van der Waals surface area (Å²) in [6.45, 7) is -0.146. The van der Waals surface area contributed by atoms with E-state index in [4.69, 9.17) is 0 Å². The van der Waals surface area contributed by atoms with Gasteiger partial charge in [-0.1, -0.05) is 212 Å². The van der Waals surface area contributed by atoms with E-state index >= 15 is 0 Å². The highest BCUT2D eigenvalue weighted by molar-refractivity contribution is 7.26. The predicted molar refractivity (Wildman–Crippen MR) is 333 cm³/mol. The molecular formula is C72H45BN2S2. The molecule has 0 radical (unpaired) electrons. The summed E-state index contributed by atoms with van der Waals surface area (Å²) in [5, 5.41) is 5.23. The molecule has 0 amide bonds. The standard InChI is InChI=1S/C72H45BN2S2/c1-4-20-46(21-5-1)51-44-64-72-65(45-51)75(61-33-15-11-27-53(61)48-24-8-3-9-25-48)63-41-39-50(55-31-19-37-69-71(55)57-29-13-17-35-67(57)77-69)43-59(63)73(72)58-42-49(54-30-18-36-68-70(54)56-28-12-16-34-66(56)76-68)38-40-62(58)74(64)60-32-14-10-26-52(60)47-22-6-2-7-23-47/h1-45H. The Morgan fingerprint density at radius 2 is 0.636 bits per heavy atom. The van der Waals surface area contributed by atoms with Crippen LogP contribution in [0.1, 0.15) is 0 Å². The molecule has 0 atom stereocenters. The number of benzene rings is 12. The van der Waals surface area contributed by atoms with E-state index in [9.17, 15) is 0 Å². The van der Waals surface area contributed by atoms with Crippen molar-refractivity contribution in [1.29, 1.82) is 0 Å². The van der Waals surface area contributed by atoms with E-state index in [1.807, 2.05) is 22.7 Å². The van der Waals surface area contributed by atoms with Gasteiger partial charge in [0.2, 0.25) is 0 Å². The third-order valence-corrected chi connectivity index (χ3v) is 18.3. The van der Waals surface area contributed by atoms with Crippen molar-refractivity contribution in [2.24, 2.45) is 0 Å². The average molecular weight is 1010 g/mol. The van der Waals surface area contributed by atoms with Crippen LogP contribution in [0, 0.1) is 0 Å². The molecule has 2 aliphatic rings. The minimum atomic E-state index is -0.146. The lowest BCUT2D eigenvalue weighted by Gasteiger charge is -2.45. The second kappa shape index (κ2) is 17.7. The molecule has 0 unspecified atom stereocenters. The monoisotopic (exact) mass is 1010 g/mol. The van der Waals surface area contributed by atoms with Gasteiger partial charge in [0.25, 0.3) is 6.71 Å². The van der Waals surface area contributed by atoms with Gasteiger partial charge in [-0.3, -0.25) is 0 Å². The molecule has 77 heavy (non-hydrogen) atoms. The van der Waals surface area contributed by atoms with E-state index in [1.165, 1.54) is 130 Å². The minimum absolute atomic E-state index is 0.146. The van der Waals surface area contributed by atoms with Gasteiger partial charge in [0, 0.05) is 74.2 Å². The fraction of sp³-hybridized carbons (Fsp3) is 0. The van der Waals surface area contributed by atoms with Crippen LogP contribution in [0.4, 0.5) is 34.1 Å². The van der Waals surface area contributed by atoms with E-state index in [0.29, 0.717) is 0 Å². The Bertz CT molecular complexity index is 4380. The second-order valence-electron chi connectivity index (χ2n) is 20.3. The van der Waals surface area contributed by atoms with Crippen LogP contribution in [0.2, 0.25) is 0 Å². The lowest BCUT2D eigenvalue weighted by Crippen LogP contribution is -2.61. The molecule has 2 nitrogen and oxygen atoms in total. The van der Waals surface area contributed by atoms with E-state index in [0.717, 1.165) is 16.9 Å². The zero-order valence-electron chi connectivity index (χ0n) is 41.8. The Morgan fingerprint density at radius 3 is 1.12 bits per heavy atom. The Morgan fingerprint density at radius 1 is 0.247 bits per heavy atom. The maximum Gasteiger partial charge on any atom is 0.252 e. The molecule has 0 bridgehead atoms. The molecule has 0 saturated heterocycles. The summed E-state index contributed by atoms with van der Waals surface area (Å²) in [5.41, 5.74) is 22.8. The van der Waals surface area contributed by atoms with Crippen molar-refractivity contribution in [3.8, 4) is 55.6 Å². The second-order valence-corrected chi connectivity index (χ2v) is 22.4. The Hall–Kier alpha value is -9.26. The molecule has 4 heterocycles. The Kier molecular flexibility index (Phi) is 10.1. The summed E-state index contributed by atoms with van der Waals surface area (Å²) < 4.78 is 5.22. The number of nitrogens with zero attached hydrogens (tertiary/aromatic N) is 2. The number of anilines is 6. The summed E-state index contributed by atoms with van der Waals surface area (Å²) in [5.74, 6) is 0. The van der Waals surface area contributed by atoms with Gasteiger partial charge >= 0.3 is 0 Å². The normalized spacial score (nSPS) is 12.6. The average Bonchev–Trinajstić information content (AvgIpc) is 4.17. The zero-order valence-corrected chi connectivity index (χ0v) is 43.4. The van der Waals surface area contributed by atoms with Crippen molar-refractivity contribution in [1.82, 2.24) is 0 Å². The van der Waals surface area contributed by atoms with E-state index in [2.05, 4.69) is 283 Å². The molecule has 5 heteroatoms. The van der Waals surface area contributed by atoms with Crippen molar-refractivity contribution < 1.29 is 0 Å². The number of rotatable bonds is 7. The first-order valence-electron chi connectivity index (χ1n) is 26.4. The molecule has 0 fully saturated rings. The van der Waals surface area contributed by atoms with Gasteiger partial charge in [0.1, 0.15) is 0 Å². The van der Waals surface area contributed by atoms with Gasteiger partial charge < -0.3 is 9.80 Å². The van der Waals surface area contributed by atoms with Crippen LogP contribution in [0.25, 0.3) is 96.0 Å². The van der Waals surface area contributed by atoms with Crippen LogP contribution in [0.15, 0.2) is 273 Å². The molecule has 16 rings (SSSR count). The topological polar surface area (TPSA) is 6.48 Å². The minimum Gasteiger partial charge on any atom is -0.311 e. The molecular weight excluding hydrogens is 968 g/mol. The first-order valence-corrected chi connectivity index (χ1v) is 28.1. The van der Waals surface area contributed by atoms with Crippen LogP contribution >= 0.6 is 22.7 Å². The van der Waals surface area contributed by atoms with Gasteiger partial charge in [-0.05, 0) is 122 Å². The quantitative estimate of drug-likeness (QED) is 0.147. The number of hydrogen-bond acceptors (Lipinski definition) is 4. The van der Waals surface area contributed by atoms with E-state index in [-0.39, 0.29) is 6.71 Å². The molecule has 0 N–H and O–H groups in total. The highest BCUT2D eigenvalue weighted by atomic mass is 32.1. The van der Waals surface area contributed by atoms with Gasteiger partial charge in [-0.2, -0.15) is 0 Å². The molecule has 14 aromatic rings. The van der Waals surface area contributed by atoms with E-state index < -0.39 is 0 Å². The van der Waals surface area contributed by atoms with Gasteiger partial charge in [0.15, 0.2) is 0 Å². The lowest BCUT2D eigenvalue weighted by atomic mass is 9.33. The molecule has 358 valence electrons. The highest BCUT2D eigenvalue weighted by Gasteiger charge is 2.45. The van der Waals surface area contributed by atoms with Gasteiger partial charge in [-0.15, -0.1) is 22.7 Å². The van der Waals surface area contributed by atoms with Crippen LogP contribution < -0.4 is 26.2 Å². The Balaban J connectivity index is 1.05. The summed E-state index contributed by atoms with van der Waals surface area (Å²) in [7, 11) is 0. The first kappa shape index (κ1) is 44.1. The smallest absolute Gasteiger partial charge is 0.252 e. The zero-order chi connectivity index (χ0) is 50.6. The molecule has 0 aliphatic carbocycles. The third kappa shape index (κ3) is 6.94. The van der Waals surface area contributed by atoms with Crippen molar-refractivity contribution in [3.63, 3.8) is 0 Å². The number of hydrogen-bond donors (Lipinski definition) is 0. The predicted octanol–water partition coefficient (Wildman–Crippen LogP) is 18.8. The van der Waals surface area contributed by atoms with Gasteiger partial charge in [0.05, 0.1) is 11.4 Å². The first-order chi connectivity index (χ1) is 38.2. The fourth-order valence-electron chi connectivity index (χ4n) is 12.7. The lowest BCUT2D eigenvalue weighted by molar-refractivity contribution is 1.25. The van der Waals surface area contributed by atoms with Crippen LogP contribution in [-0.2, 0) is 0 Å². The van der Waals surface area contributed by atoms with Crippen molar-refractivity contribution in [3.05, 3.63) is 273 Å². The van der Waals surface area contributed by atoms with Crippen LogP contribution in [-0.4, -0.2) is 6.71 Å². The summed E-state index contributed by atoms with van der Waals surface area (Å²) in [4.78, 5) is 5.19. The maximum atomic E-state index is 2.60. The summed E-state index contributed by atoms with van der Waals surface area (Å²) >= 11 is 3.76.